The molecule has 0 radical (unpaired) electrons. The number of hydrogen-bond donors (Lipinski definition) is 1. The molecule has 1 N–H and O–H groups in total. The van der Waals surface area contributed by atoms with Gasteiger partial charge in [-0.05, 0) is 38.9 Å². The maximum absolute atomic E-state index is 3.65. The Kier molecular flexibility index (Phi) is 10.5. The summed E-state index contributed by atoms with van der Waals surface area (Å²) in [6.07, 6.45) is 14.1. The van der Waals surface area contributed by atoms with Gasteiger partial charge < -0.3 is 10.2 Å². The van der Waals surface area contributed by atoms with Crippen LogP contribution >= 0.6 is 0 Å². The predicted octanol–water partition coefficient (Wildman–Crippen LogP) is 4.20. The van der Waals surface area contributed by atoms with E-state index >= 15 is 0 Å². The van der Waals surface area contributed by atoms with E-state index in [4.69, 9.17) is 0 Å². The Morgan fingerprint density at radius 3 is 2.26 bits per heavy atom. The molecule has 1 rings (SSSR count). The average molecular weight is 268 g/mol. The first-order valence-corrected chi connectivity index (χ1v) is 8.82. The highest BCUT2D eigenvalue weighted by Gasteiger charge is 2.20. The monoisotopic (exact) mass is 268 g/mol. The molecule has 0 aromatic carbocycles. The topological polar surface area (TPSA) is 15.3 Å². The number of unbranched alkanes of at least 4 members (excludes halogenated alkanes) is 7. The number of nitrogens with zero attached hydrogens (tertiary/aromatic N) is 1. The molecule has 1 aliphatic rings. The zero-order valence-electron chi connectivity index (χ0n) is 13.4. The number of likely N-dealkylation sites (tertiary alicyclic amines) is 1. The molecule has 0 spiro atoms. The first-order valence-electron chi connectivity index (χ1n) is 8.82. The van der Waals surface area contributed by atoms with E-state index in [0.29, 0.717) is 0 Å². The molecule has 114 valence electrons. The van der Waals surface area contributed by atoms with Gasteiger partial charge in [-0.25, -0.2) is 0 Å². The molecule has 1 heterocycles. The molecule has 2 nitrogen and oxygen atoms in total. The fourth-order valence-electron chi connectivity index (χ4n) is 3.02. The van der Waals surface area contributed by atoms with Gasteiger partial charge in [0.25, 0.3) is 0 Å². The third kappa shape index (κ3) is 8.65. The molecular weight excluding hydrogens is 232 g/mol. The largest absolute Gasteiger partial charge is 0.313 e. The van der Waals surface area contributed by atoms with Gasteiger partial charge in [0, 0.05) is 12.6 Å². The van der Waals surface area contributed by atoms with Crippen molar-refractivity contribution >= 4 is 0 Å². The molecule has 0 aromatic rings. The van der Waals surface area contributed by atoms with Crippen LogP contribution in [-0.4, -0.2) is 37.1 Å². The van der Waals surface area contributed by atoms with Crippen molar-refractivity contribution in [3.63, 3.8) is 0 Å². The zero-order chi connectivity index (χ0) is 13.8. The molecular formula is C17H36N2. The minimum atomic E-state index is 0.772. The number of hydrogen-bond acceptors (Lipinski definition) is 2. The van der Waals surface area contributed by atoms with E-state index in [0.717, 1.165) is 6.04 Å². The highest BCUT2D eigenvalue weighted by molar-refractivity contribution is 4.80. The van der Waals surface area contributed by atoms with Gasteiger partial charge in [-0.1, -0.05) is 58.8 Å². The summed E-state index contributed by atoms with van der Waals surface area (Å²) in [5.74, 6) is 0. The third-order valence-corrected chi connectivity index (χ3v) is 4.28. The fraction of sp³-hybridized carbons (Fsp3) is 1.00. The van der Waals surface area contributed by atoms with E-state index in [1.165, 1.54) is 90.4 Å². The summed E-state index contributed by atoms with van der Waals surface area (Å²) < 4.78 is 0. The fourth-order valence-corrected chi connectivity index (χ4v) is 3.02. The molecule has 0 saturated carbocycles. The quantitative estimate of drug-likeness (QED) is 0.534. The van der Waals surface area contributed by atoms with Crippen LogP contribution in [0.4, 0.5) is 0 Å². The van der Waals surface area contributed by atoms with Crippen LogP contribution in [0.2, 0.25) is 0 Å². The van der Waals surface area contributed by atoms with Crippen molar-refractivity contribution in [1.82, 2.24) is 10.2 Å². The molecule has 1 saturated heterocycles. The van der Waals surface area contributed by atoms with Crippen molar-refractivity contribution in [2.24, 2.45) is 0 Å². The van der Waals surface area contributed by atoms with E-state index in [2.05, 4.69) is 24.1 Å². The second kappa shape index (κ2) is 11.7. The highest BCUT2D eigenvalue weighted by Crippen LogP contribution is 2.12. The lowest BCUT2D eigenvalue weighted by Crippen LogP contribution is -2.33. The van der Waals surface area contributed by atoms with Crippen molar-refractivity contribution in [3.05, 3.63) is 0 Å². The second-order valence-electron chi connectivity index (χ2n) is 6.22. The minimum absolute atomic E-state index is 0.772. The first-order chi connectivity index (χ1) is 9.36. The van der Waals surface area contributed by atoms with Gasteiger partial charge >= 0.3 is 0 Å². The predicted molar refractivity (Wildman–Crippen MR) is 85.7 cm³/mol. The standard InChI is InChI=1S/C17H36N2/c1-3-5-6-7-8-9-10-11-14-19-15-12-17(16-19)18-13-4-2/h17-18H,3-16H2,1-2H3. The van der Waals surface area contributed by atoms with Crippen molar-refractivity contribution in [2.45, 2.75) is 84.1 Å². The zero-order valence-corrected chi connectivity index (χ0v) is 13.4. The molecule has 1 fully saturated rings. The van der Waals surface area contributed by atoms with Crippen molar-refractivity contribution in [1.29, 1.82) is 0 Å². The van der Waals surface area contributed by atoms with Gasteiger partial charge in [-0.3, -0.25) is 0 Å². The Balaban J connectivity index is 1.85. The smallest absolute Gasteiger partial charge is 0.0207 e. The van der Waals surface area contributed by atoms with Crippen LogP contribution in [0, 0.1) is 0 Å². The lowest BCUT2D eigenvalue weighted by atomic mass is 10.1. The van der Waals surface area contributed by atoms with Crippen LogP contribution in [0.3, 0.4) is 0 Å². The van der Waals surface area contributed by atoms with E-state index in [1.54, 1.807) is 0 Å². The molecule has 19 heavy (non-hydrogen) atoms. The van der Waals surface area contributed by atoms with Gasteiger partial charge in [0.1, 0.15) is 0 Å². The summed E-state index contributed by atoms with van der Waals surface area (Å²) in [4.78, 5) is 2.66. The summed E-state index contributed by atoms with van der Waals surface area (Å²) in [5, 5.41) is 3.65. The summed E-state index contributed by atoms with van der Waals surface area (Å²) in [6.45, 7) is 9.67. The van der Waals surface area contributed by atoms with Gasteiger partial charge in [0.05, 0.1) is 0 Å². The molecule has 2 heteroatoms. The van der Waals surface area contributed by atoms with Crippen molar-refractivity contribution in [2.75, 3.05) is 26.2 Å². The Labute approximate surface area is 121 Å². The van der Waals surface area contributed by atoms with Crippen LogP contribution in [0.1, 0.15) is 78.1 Å². The maximum atomic E-state index is 3.65. The van der Waals surface area contributed by atoms with E-state index in [1.807, 2.05) is 0 Å². The summed E-state index contributed by atoms with van der Waals surface area (Å²) >= 11 is 0. The van der Waals surface area contributed by atoms with Crippen molar-refractivity contribution < 1.29 is 0 Å². The highest BCUT2D eigenvalue weighted by atomic mass is 15.2. The Morgan fingerprint density at radius 2 is 1.58 bits per heavy atom. The summed E-state index contributed by atoms with van der Waals surface area (Å²) in [5.41, 5.74) is 0. The normalized spacial score (nSPS) is 20.2. The second-order valence-corrected chi connectivity index (χ2v) is 6.22. The summed E-state index contributed by atoms with van der Waals surface area (Å²) in [6, 6.07) is 0.772. The molecule has 1 unspecified atom stereocenters. The lowest BCUT2D eigenvalue weighted by Gasteiger charge is -2.16. The minimum Gasteiger partial charge on any atom is -0.313 e. The Bertz CT molecular complexity index is 194. The van der Waals surface area contributed by atoms with E-state index in [-0.39, 0.29) is 0 Å². The van der Waals surface area contributed by atoms with Crippen LogP contribution in [0.25, 0.3) is 0 Å². The van der Waals surface area contributed by atoms with Crippen LogP contribution in [0.5, 0.6) is 0 Å². The van der Waals surface area contributed by atoms with E-state index < -0.39 is 0 Å². The number of nitrogens with one attached hydrogen (secondary N) is 1. The van der Waals surface area contributed by atoms with Crippen molar-refractivity contribution in [3.8, 4) is 0 Å². The SMILES string of the molecule is CCCCCCCCCCN1CCC(NCCC)C1. The van der Waals surface area contributed by atoms with Gasteiger partial charge in [0.15, 0.2) is 0 Å². The van der Waals surface area contributed by atoms with Crippen LogP contribution in [-0.2, 0) is 0 Å². The molecule has 0 aromatic heterocycles. The average Bonchev–Trinajstić information content (AvgIpc) is 2.87. The summed E-state index contributed by atoms with van der Waals surface area (Å²) in [7, 11) is 0. The maximum Gasteiger partial charge on any atom is 0.0207 e. The van der Waals surface area contributed by atoms with E-state index in [9.17, 15) is 0 Å². The molecule has 0 amide bonds. The molecule has 1 atom stereocenters. The lowest BCUT2D eigenvalue weighted by molar-refractivity contribution is 0.317. The molecule has 0 bridgehead atoms. The van der Waals surface area contributed by atoms with Crippen LogP contribution in [0.15, 0.2) is 0 Å². The van der Waals surface area contributed by atoms with Gasteiger partial charge in [-0.2, -0.15) is 0 Å². The Morgan fingerprint density at radius 1 is 0.895 bits per heavy atom. The number of rotatable bonds is 12. The molecule has 0 aliphatic carbocycles. The van der Waals surface area contributed by atoms with Gasteiger partial charge in [-0.15, -0.1) is 0 Å². The Hall–Kier alpha value is -0.0800. The first kappa shape index (κ1) is 17.0. The third-order valence-electron chi connectivity index (χ3n) is 4.28. The van der Waals surface area contributed by atoms with Crippen LogP contribution < -0.4 is 5.32 Å². The van der Waals surface area contributed by atoms with Gasteiger partial charge in [0.2, 0.25) is 0 Å². The molecule has 1 aliphatic heterocycles.